The minimum atomic E-state index is -0.921. The number of ether oxygens (including phenoxy) is 1. The smallest absolute Gasteiger partial charge is 0.304 e. The van der Waals surface area contributed by atoms with Crippen molar-refractivity contribution in [2.45, 2.75) is 44.6 Å². The molecule has 3 rings (SSSR count). The number of carbonyl (C=O) groups excluding carboxylic acids is 2. The summed E-state index contributed by atoms with van der Waals surface area (Å²) in [6.07, 6.45) is -0.499. The number of hydrogen-bond donors (Lipinski definition) is 4. The molecule has 0 saturated heterocycles. The lowest BCUT2D eigenvalue weighted by molar-refractivity contribution is -0.136. The number of nitrogens with one attached hydrogen (secondary N) is 2. The number of hydrazine groups is 1. The third-order valence-corrected chi connectivity index (χ3v) is 6.42. The molecule has 8 nitrogen and oxygen atoms in total. The van der Waals surface area contributed by atoms with Gasteiger partial charge in [0, 0.05) is 16.0 Å². The second kappa shape index (κ2) is 11.6. The summed E-state index contributed by atoms with van der Waals surface area (Å²) in [5.41, 5.74) is 6.66. The highest BCUT2D eigenvalue weighted by Crippen LogP contribution is 2.36. The predicted molar refractivity (Wildman–Crippen MR) is 135 cm³/mol. The summed E-state index contributed by atoms with van der Waals surface area (Å²) in [7, 11) is 0. The normalized spacial score (nSPS) is 11.6. The van der Waals surface area contributed by atoms with Crippen molar-refractivity contribution >= 4 is 40.3 Å². The zero-order valence-electron chi connectivity index (χ0n) is 19.8. The lowest BCUT2D eigenvalue weighted by Crippen LogP contribution is -2.48. The van der Waals surface area contributed by atoms with Gasteiger partial charge in [-0.1, -0.05) is 48.9 Å². The maximum absolute atomic E-state index is 12.9. The Morgan fingerprint density at radius 3 is 2.40 bits per heavy atom. The molecule has 2 amide bonds. The van der Waals surface area contributed by atoms with E-state index in [-0.39, 0.29) is 17.7 Å². The van der Waals surface area contributed by atoms with E-state index in [1.807, 2.05) is 26.0 Å². The molecule has 4 N–H and O–H groups in total. The van der Waals surface area contributed by atoms with Gasteiger partial charge in [-0.25, -0.2) is 0 Å². The molecule has 0 aliphatic heterocycles. The largest absolute Gasteiger partial charge is 0.506 e. The van der Waals surface area contributed by atoms with Crippen LogP contribution in [0.1, 0.15) is 41.3 Å². The molecule has 9 heteroatoms. The Morgan fingerprint density at radius 2 is 1.74 bits per heavy atom. The van der Waals surface area contributed by atoms with Crippen LogP contribution in [-0.2, 0) is 9.59 Å². The Kier molecular flexibility index (Phi) is 8.59. The number of amides is 2. The van der Waals surface area contributed by atoms with Crippen molar-refractivity contribution in [2.75, 3.05) is 5.75 Å². The lowest BCUT2D eigenvalue weighted by atomic mass is 10.0. The van der Waals surface area contributed by atoms with Crippen LogP contribution in [0.15, 0.2) is 53.4 Å². The minimum absolute atomic E-state index is 0.0369. The molecule has 35 heavy (non-hydrogen) atoms. The number of carboxylic acids is 1. The molecule has 0 fully saturated rings. The van der Waals surface area contributed by atoms with Crippen molar-refractivity contribution in [2.24, 2.45) is 0 Å². The Morgan fingerprint density at radius 1 is 1.03 bits per heavy atom. The van der Waals surface area contributed by atoms with Gasteiger partial charge in [0.1, 0.15) is 11.5 Å². The summed E-state index contributed by atoms with van der Waals surface area (Å²) in [4.78, 5) is 37.1. The Balaban J connectivity index is 1.75. The molecule has 0 heterocycles. The zero-order valence-corrected chi connectivity index (χ0v) is 20.6. The second-order valence-corrected chi connectivity index (χ2v) is 9.17. The van der Waals surface area contributed by atoms with Crippen molar-refractivity contribution in [3.8, 4) is 11.5 Å². The molecule has 3 aromatic rings. The number of rotatable bonds is 9. The number of carbonyl (C=O) groups is 3. The van der Waals surface area contributed by atoms with Crippen molar-refractivity contribution in [3.63, 3.8) is 0 Å². The molecular weight excluding hydrogens is 468 g/mol. The summed E-state index contributed by atoms with van der Waals surface area (Å²) in [6.45, 7) is 5.66. The summed E-state index contributed by atoms with van der Waals surface area (Å²) in [6, 6.07) is 14.1. The van der Waals surface area contributed by atoms with Gasteiger partial charge in [0.15, 0.2) is 6.10 Å². The van der Waals surface area contributed by atoms with E-state index in [1.165, 1.54) is 17.8 Å². The average molecular weight is 497 g/mol. The first-order valence-corrected chi connectivity index (χ1v) is 12.1. The molecule has 184 valence electrons. The van der Waals surface area contributed by atoms with Crippen LogP contribution in [-0.4, -0.2) is 39.9 Å². The van der Waals surface area contributed by atoms with E-state index in [1.54, 1.807) is 37.3 Å². The van der Waals surface area contributed by atoms with Crippen LogP contribution in [0.25, 0.3) is 10.8 Å². The third-order valence-electron chi connectivity index (χ3n) is 5.36. The van der Waals surface area contributed by atoms with Crippen molar-refractivity contribution in [1.82, 2.24) is 10.9 Å². The van der Waals surface area contributed by atoms with Crippen LogP contribution in [0.3, 0.4) is 0 Å². The maximum atomic E-state index is 12.9. The number of phenols is 1. The Bertz CT molecular complexity index is 1260. The maximum Gasteiger partial charge on any atom is 0.304 e. The number of aryl methyl sites for hydroxylation is 2. The SMILES string of the molecule is CCC(Oc1ccc(C)cc1C)C(=O)NNC(=O)c1cc(SCCC(=O)O)c2ccccc2c1O. The minimum Gasteiger partial charge on any atom is -0.506 e. The molecule has 0 bridgehead atoms. The molecule has 0 aliphatic carbocycles. The molecule has 0 aliphatic rings. The van der Waals surface area contributed by atoms with E-state index < -0.39 is 23.9 Å². The third kappa shape index (κ3) is 6.45. The summed E-state index contributed by atoms with van der Waals surface area (Å²) in [5, 5.41) is 20.8. The van der Waals surface area contributed by atoms with Gasteiger partial charge in [0.05, 0.1) is 12.0 Å². The monoisotopic (exact) mass is 496 g/mol. The average Bonchev–Trinajstić information content (AvgIpc) is 2.83. The molecule has 3 aromatic carbocycles. The van der Waals surface area contributed by atoms with Crippen LogP contribution in [0, 0.1) is 13.8 Å². The zero-order chi connectivity index (χ0) is 25.5. The number of aliphatic carboxylic acids is 1. The van der Waals surface area contributed by atoms with Gasteiger partial charge in [-0.05, 0) is 43.4 Å². The first-order chi connectivity index (χ1) is 16.7. The Hall–Kier alpha value is -3.72. The number of thioether (sulfide) groups is 1. The number of hydrogen-bond acceptors (Lipinski definition) is 6. The molecule has 0 radical (unpaired) electrons. The molecule has 1 atom stereocenters. The number of aromatic hydroxyl groups is 1. The van der Waals surface area contributed by atoms with E-state index in [9.17, 15) is 19.5 Å². The second-order valence-electron chi connectivity index (χ2n) is 8.04. The highest BCUT2D eigenvalue weighted by atomic mass is 32.2. The van der Waals surface area contributed by atoms with Crippen LogP contribution in [0.5, 0.6) is 11.5 Å². The summed E-state index contributed by atoms with van der Waals surface area (Å²) >= 11 is 1.28. The number of phenolic OH excluding ortho intramolecular Hbond substituents is 1. The first kappa shape index (κ1) is 25.9. The number of carboxylic acid groups (broad SMARTS) is 1. The molecule has 1 unspecified atom stereocenters. The van der Waals surface area contributed by atoms with Gasteiger partial charge >= 0.3 is 5.97 Å². The fourth-order valence-corrected chi connectivity index (χ4v) is 4.57. The van der Waals surface area contributed by atoms with Gasteiger partial charge in [-0.15, -0.1) is 11.8 Å². The molecular formula is C26H28N2O6S. The first-order valence-electron chi connectivity index (χ1n) is 11.1. The van der Waals surface area contributed by atoms with Crippen molar-refractivity contribution < 1.29 is 29.3 Å². The fourth-order valence-electron chi connectivity index (χ4n) is 3.54. The van der Waals surface area contributed by atoms with E-state index >= 15 is 0 Å². The van der Waals surface area contributed by atoms with Gasteiger partial charge in [-0.2, -0.15) is 0 Å². The fraction of sp³-hybridized carbons (Fsp3) is 0.269. The summed E-state index contributed by atoms with van der Waals surface area (Å²) in [5.74, 6) is -1.50. The van der Waals surface area contributed by atoms with Crippen LogP contribution >= 0.6 is 11.8 Å². The van der Waals surface area contributed by atoms with E-state index in [0.717, 1.165) is 11.1 Å². The highest BCUT2D eigenvalue weighted by Gasteiger charge is 2.22. The van der Waals surface area contributed by atoms with Crippen LogP contribution < -0.4 is 15.6 Å². The topological polar surface area (TPSA) is 125 Å². The van der Waals surface area contributed by atoms with E-state index in [0.29, 0.717) is 33.6 Å². The lowest BCUT2D eigenvalue weighted by Gasteiger charge is -2.19. The van der Waals surface area contributed by atoms with Crippen molar-refractivity contribution in [1.29, 1.82) is 0 Å². The van der Waals surface area contributed by atoms with Gasteiger partial charge in [-0.3, -0.25) is 25.2 Å². The van der Waals surface area contributed by atoms with Gasteiger partial charge in [0.2, 0.25) is 0 Å². The van der Waals surface area contributed by atoms with Crippen LogP contribution in [0.4, 0.5) is 0 Å². The molecule has 0 saturated carbocycles. The molecule has 0 spiro atoms. The van der Waals surface area contributed by atoms with E-state index in [4.69, 9.17) is 9.84 Å². The Labute approximate surface area is 207 Å². The van der Waals surface area contributed by atoms with Crippen molar-refractivity contribution in [3.05, 3.63) is 65.2 Å². The highest BCUT2D eigenvalue weighted by molar-refractivity contribution is 7.99. The van der Waals surface area contributed by atoms with Crippen LogP contribution in [0.2, 0.25) is 0 Å². The van der Waals surface area contributed by atoms with Gasteiger partial charge in [0.25, 0.3) is 11.8 Å². The quantitative estimate of drug-likeness (QED) is 0.256. The summed E-state index contributed by atoms with van der Waals surface area (Å²) < 4.78 is 5.85. The number of benzene rings is 3. The number of fused-ring (bicyclic) bond motifs is 1. The van der Waals surface area contributed by atoms with Gasteiger partial charge < -0.3 is 14.9 Å². The van der Waals surface area contributed by atoms with E-state index in [2.05, 4.69) is 10.9 Å². The molecule has 0 aromatic heterocycles. The standard InChI is InChI=1S/C26H28N2O6S/c1-4-20(34-21-10-9-15(2)13-16(21)3)26(33)28-27-25(32)19-14-22(35-12-11-23(29)30)17-7-5-6-8-18(17)24(19)31/h5-10,13-14,20,31H,4,11-12H2,1-3H3,(H,27,32)(H,28,33)(H,29,30). The predicted octanol–water partition coefficient (Wildman–Crippen LogP) is 4.35.